The maximum absolute atomic E-state index is 12.9. The number of halogens is 3. The van der Waals surface area contributed by atoms with Crippen LogP contribution in [0.25, 0.3) is 0 Å². The third-order valence-electron chi connectivity index (χ3n) is 5.00. The molecule has 0 unspecified atom stereocenters. The largest absolute Gasteiger partial charge is 0.573 e. The van der Waals surface area contributed by atoms with E-state index in [-0.39, 0.29) is 36.3 Å². The summed E-state index contributed by atoms with van der Waals surface area (Å²) in [6.07, 6.45) is -4.27. The fourth-order valence-corrected chi connectivity index (χ4v) is 4.76. The average molecular weight is 472 g/mol. The molecule has 1 N–H and O–H groups in total. The smallest absolute Gasteiger partial charge is 0.406 e. The molecule has 2 amide bonds. The molecule has 174 valence electrons. The lowest BCUT2D eigenvalue weighted by atomic mass is 10.2. The minimum absolute atomic E-state index is 0.118. The second kappa shape index (κ2) is 9.78. The van der Waals surface area contributed by atoms with Crippen molar-refractivity contribution in [3.8, 4) is 5.75 Å². The van der Waals surface area contributed by atoms with Crippen LogP contribution < -0.4 is 10.1 Å². The molecule has 2 aromatic rings. The highest BCUT2D eigenvalue weighted by atomic mass is 32.2. The number of alkyl halides is 3. The van der Waals surface area contributed by atoms with Crippen molar-refractivity contribution in [3.63, 3.8) is 0 Å². The number of hydrogen-bond acceptors (Lipinski definition) is 4. The molecular weight excluding hydrogens is 447 g/mol. The van der Waals surface area contributed by atoms with Gasteiger partial charge in [0.1, 0.15) is 5.75 Å². The van der Waals surface area contributed by atoms with Crippen LogP contribution >= 0.6 is 0 Å². The highest BCUT2D eigenvalue weighted by molar-refractivity contribution is 7.89. The van der Waals surface area contributed by atoms with Crippen molar-refractivity contribution in [2.75, 3.05) is 26.2 Å². The molecule has 0 saturated carbocycles. The van der Waals surface area contributed by atoms with Crippen LogP contribution in [0.1, 0.15) is 17.5 Å². The first-order valence-corrected chi connectivity index (χ1v) is 11.4. The number of benzene rings is 2. The van der Waals surface area contributed by atoms with Gasteiger partial charge in [-0.2, -0.15) is 4.31 Å². The Morgan fingerprint density at radius 1 is 1.00 bits per heavy atom. The molecule has 1 aliphatic rings. The first kappa shape index (κ1) is 23.9. The number of carbonyl (C=O) groups is 1. The van der Waals surface area contributed by atoms with Gasteiger partial charge in [0.05, 0.1) is 4.90 Å². The van der Waals surface area contributed by atoms with E-state index in [1.165, 1.54) is 33.5 Å². The van der Waals surface area contributed by atoms with Crippen LogP contribution in [0.15, 0.2) is 53.4 Å². The molecule has 1 saturated heterocycles. The number of amides is 2. The lowest BCUT2D eigenvalue weighted by Gasteiger charge is -2.22. The summed E-state index contributed by atoms with van der Waals surface area (Å²) in [5, 5.41) is 2.71. The summed E-state index contributed by atoms with van der Waals surface area (Å²) >= 11 is 0. The summed E-state index contributed by atoms with van der Waals surface area (Å²) in [5.41, 5.74) is 1.57. The van der Waals surface area contributed by atoms with Crippen molar-refractivity contribution in [1.82, 2.24) is 14.5 Å². The van der Waals surface area contributed by atoms with E-state index in [1.807, 2.05) is 6.92 Å². The predicted octanol–water partition coefficient (Wildman–Crippen LogP) is 3.50. The fourth-order valence-electron chi connectivity index (χ4n) is 3.29. The van der Waals surface area contributed by atoms with Gasteiger partial charge in [0.15, 0.2) is 0 Å². The number of ether oxygens (including phenoxy) is 1. The summed E-state index contributed by atoms with van der Waals surface area (Å²) in [4.78, 5) is 14.3. The van der Waals surface area contributed by atoms with Crippen molar-refractivity contribution in [2.24, 2.45) is 0 Å². The molecule has 1 aliphatic heterocycles. The number of carbonyl (C=O) groups excluding carboxylic acids is 1. The molecule has 2 aromatic carbocycles. The van der Waals surface area contributed by atoms with E-state index in [0.717, 1.165) is 5.56 Å². The molecule has 32 heavy (non-hydrogen) atoms. The lowest BCUT2D eigenvalue weighted by Crippen LogP contribution is -2.42. The van der Waals surface area contributed by atoms with Crippen LogP contribution in [0.4, 0.5) is 18.0 Å². The molecule has 11 heteroatoms. The Bertz CT molecular complexity index is 1030. The third-order valence-corrected chi connectivity index (χ3v) is 6.91. The summed E-state index contributed by atoms with van der Waals surface area (Å²) in [6.45, 7) is 3.10. The first-order valence-electron chi connectivity index (χ1n) is 9.99. The van der Waals surface area contributed by atoms with Crippen LogP contribution in [-0.2, 0) is 16.6 Å². The Labute approximate surface area is 184 Å². The van der Waals surface area contributed by atoms with Crippen molar-refractivity contribution in [1.29, 1.82) is 0 Å². The molecule has 0 atom stereocenters. The van der Waals surface area contributed by atoms with Crippen LogP contribution in [0.2, 0.25) is 0 Å². The standard InChI is InChI=1S/C21H24F3N3O4S/c1-16-3-9-19(10-4-16)32(29,30)27-12-2-11-26(13-14-27)20(28)25-15-17-5-7-18(8-6-17)31-21(22,23)24/h3-10H,2,11-15H2,1H3,(H,25,28). The molecular formula is C21H24F3N3O4S. The first-order chi connectivity index (χ1) is 15.0. The van der Waals surface area contributed by atoms with E-state index >= 15 is 0 Å². The Kier molecular flexibility index (Phi) is 7.29. The van der Waals surface area contributed by atoms with Gasteiger partial charge in [0.25, 0.3) is 0 Å². The maximum Gasteiger partial charge on any atom is 0.573 e. The van der Waals surface area contributed by atoms with Crippen molar-refractivity contribution in [3.05, 3.63) is 59.7 Å². The molecule has 0 aromatic heterocycles. The molecule has 0 aliphatic carbocycles. The average Bonchev–Trinajstić information content (AvgIpc) is 2.99. The maximum atomic E-state index is 12.9. The minimum atomic E-state index is -4.76. The summed E-state index contributed by atoms with van der Waals surface area (Å²) in [5.74, 6) is -0.338. The van der Waals surface area contributed by atoms with Gasteiger partial charge in [-0.05, 0) is 43.2 Å². The molecule has 0 radical (unpaired) electrons. The third kappa shape index (κ3) is 6.36. The Balaban J connectivity index is 1.54. The molecule has 3 rings (SSSR count). The number of rotatable bonds is 5. The predicted molar refractivity (Wildman–Crippen MR) is 111 cm³/mol. The van der Waals surface area contributed by atoms with Gasteiger partial charge in [-0.3, -0.25) is 0 Å². The van der Waals surface area contributed by atoms with Gasteiger partial charge in [-0.15, -0.1) is 13.2 Å². The molecule has 0 spiro atoms. The van der Waals surface area contributed by atoms with E-state index in [4.69, 9.17) is 0 Å². The zero-order valence-electron chi connectivity index (χ0n) is 17.4. The summed E-state index contributed by atoms with van der Waals surface area (Å²) < 4.78 is 67.6. The highest BCUT2D eigenvalue weighted by Gasteiger charge is 2.31. The van der Waals surface area contributed by atoms with Gasteiger partial charge in [-0.1, -0.05) is 29.8 Å². The van der Waals surface area contributed by atoms with Gasteiger partial charge in [-0.25, -0.2) is 13.2 Å². The molecule has 1 heterocycles. The van der Waals surface area contributed by atoms with Crippen molar-refractivity contribution < 1.29 is 31.1 Å². The van der Waals surface area contributed by atoms with Crippen molar-refractivity contribution >= 4 is 16.1 Å². The van der Waals surface area contributed by atoms with E-state index < -0.39 is 16.4 Å². The number of sulfonamides is 1. The highest BCUT2D eigenvalue weighted by Crippen LogP contribution is 2.23. The van der Waals surface area contributed by atoms with Crippen molar-refractivity contribution in [2.45, 2.75) is 31.1 Å². The number of hydrogen-bond donors (Lipinski definition) is 1. The molecule has 1 fully saturated rings. The van der Waals surface area contributed by atoms with Gasteiger partial charge < -0.3 is 15.0 Å². The zero-order valence-corrected chi connectivity index (χ0v) is 18.2. The van der Waals surface area contributed by atoms with E-state index in [0.29, 0.717) is 25.1 Å². The normalized spacial score (nSPS) is 15.8. The number of nitrogens with zero attached hydrogens (tertiary/aromatic N) is 2. The second-order valence-corrected chi connectivity index (χ2v) is 9.35. The Morgan fingerprint density at radius 2 is 1.66 bits per heavy atom. The topological polar surface area (TPSA) is 79.0 Å². The van der Waals surface area contributed by atoms with Crippen LogP contribution in [0.5, 0.6) is 5.75 Å². The van der Waals surface area contributed by atoms with E-state index in [2.05, 4.69) is 10.1 Å². The second-order valence-electron chi connectivity index (χ2n) is 7.41. The zero-order chi connectivity index (χ0) is 23.4. The Morgan fingerprint density at radius 3 is 2.28 bits per heavy atom. The lowest BCUT2D eigenvalue weighted by molar-refractivity contribution is -0.274. The SMILES string of the molecule is Cc1ccc(S(=O)(=O)N2CCCN(C(=O)NCc3ccc(OC(F)(F)F)cc3)CC2)cc1. The molecule has 7 nitrogen and oxygen atoms in total. The quantitative estimate of drug-likeness (QED) is 0.724. The Hall–Kier alpha value is -2.79. The van der Waals surface area contributed by atoms with Gasteiger partial charge in [0.2, 0.25) is 10.0 Å². The summed E-state index contributed by atoms with van der Waals surface area (Å²) in [7, 11) is -3.64. The number of aryl methyl sites for hydroxylation is 1. The van der Waals surface area contributed by atoms with Crippen LogP contribution in [-0.4, -0.2) is 56.2 Å². The van der Waals surface area contributed by atoms with E-state index in [9.17, 15) is 26.4 Å². The van der Waals surface area contributed by atoms with Crippen LogP contribution in [0, 0.1) is 6.92 Å². The molecule has 0 bridgehead atoms. The van der Waals surface area contributed by atoms with Gasteiger partial charge in [0, 0.05) is 32.7 Å². The van der Waals surface area contributed by atoms with Gasteiger partial charge >= 0.3 is 12.4 Å². The monoisotopic (exact) mass is 471 g/mol. The minimum Gasteiger partial charge on any atom is -0.406 e. The number of nitrogens with one attached hydrogen (secondary N) is 1. The number of urea groups is 1. The van der Waals surface area contributed by atoms with Crippen LogP contribution in [0.3, 0.4) is 0 Å². The fraction of sp³-hybridized carbons (Fsp3) is 0.381. The van der Waals surface area contributed by atoms with E-state index in [1.54, 1.807) is 24.3 Å². The summed E-state index contributed by atoms with van der Waals surface area (Å²) in [6, 6.07) is 11.5.